The number of allylic oxidation sites excluding steroid dienone is 2. The number of rotatable bonds is 0. The van der Waals surface area contributed by atoms with Crippen LogP contribution < -0.4 is 0 Å². The van der Waals surface area contributed by atoms with Gasteiger partial charge in [-0.25, -0.2) is 0 Å². The molecule has 0 saturated carbocycles. The molecule has 0 heterocycles. The summed E-state index contributed by atoms with van der Waals surface area (Å²) in [6.45, 7) is 13.1. The van der Waals surface area contributed by atoms with Crippen LogP contribution in [0.2, 0.25) is 0 Å². The quantitative estimate of drug-likeness (QED) is 0.585. The van der Waals surface area contributed by atoms with E-state index in [0.29, 0.717) is 5.78 Å². The van der Waals surface area contributed by atoms with Crippen LogP contribution in [0.1, 0.15) is 60.8 Å². The van der Waals surface area contributed by atoms with Gasteiger partial charge in [-0.2, -0.15) is 0 Å². The standard InChI is InChI=1S/C14H24O/c1-13(2,3)10-8-7-9-11(15)12(10)14(4,5)6/h7-9H2,1-6H3. The minimum absolute atomic E-state index is 0.000116. The molecule has 0 amide bonds. The van der Waals surface area contributed by atoms with Crippen molar-refractivity contribution in [1.29, 1.82) is 0 Å². The van der Waals surface area contributed by atoms with Crippen LogP contribution in [0, 0.1) is 10.8 Å². The highest BCUT2D eigenvalue weighted by molar-refractivity contribution is 5.98. The van der Waals surface area contributed by atoms with Gasteiger partial charge in [0.1, 0.15) is 0 Å². The van der Waals surface area contributed by atoms with Gasteiger partial charge >= 0.3 is 0 Å². The zero-order chi connectivity index (χ0) is 11.9. The first-order chi connectivity index (χ1) is 6.64. The van der Waals surface area contributed by atoms with Crippen LogP contribution >= 0.6 is 0 Å². The monoisotopic (exact) mass is 208 g/mol. The van der Waals surface area contributed by atoms with Crippen LogP contribution in [0.4, 0.5) is 0 Å². The lowest BCUT2D eigenvalue weighted by molar-refractivity contribution is -0.117. The Hall–Kier alpha value is -0.590. The van der Waals surface area contributed by atoms with Crippen LogP contribution in [-0.4, -0.2) is 5.78 Å². The third kappa shape index (κ3) is 2.70. The van der Waals surface area contributed by atoms with Gasteiger partial charge in [0.15, 0.2) is 5.78 Å². The number of carbonyl (C=O) groups is 1. The molecule has 0 bridgehead atoms. The number of carbonyl (C=O) groups excluding carboxylic acids is 1. The Morgan fingerprint density at radius 1 is 0.867 bits per heavy atom. The molecule has 1 aliphatic carbocycles. The number of Topliss-reactive ketones (excluding diaryl/α,β-unsaturated/α-hetero) is 1. The highest BCUT2D eigenvalue weighted by Gasteiger charge is 2.34. The topological polar surface area (TPSA) is 17.1 Å². The Labute approximate surface area is 93.9 Å². The largest absolute Gasteiger partial charge is 0.295 e. The molecule has 15 heavy (non-hydrogen) atoms. The van der Waals surface area contributed by atoms with Crippen molar-refractivity contribution in [3.8, 4) is 0 Å². The molecule has 0 spiro atoms. The number of hydrogen-bond acceptors (Lipinski definition) is 1. The van der Waals surface area contributed by atoms with E-state index in [9.17, 15) is 4.79 Å². The van der Waals surface area contributed by atoms with Crippen LogP contribution in [0.25, 0.3) is 0 Å². The summed E-state index contributed by atoms with van der Waals surface area (Å²) in [6, 6.07) is 0. The Morgan fingerprint density at radius 2 is 1.40 bits per heavy atom. The van der Waals surface area contributed by atoms with Crippen molar-refractivity contribution in [3.05, 3.63) is 11.1 Å². The molecule has 0 aromatic carbocycles. The molecule has 0 aliphatic heterocycles. The molecule has 0 saturated heterocycles. The highest BCUT2D eigenvalue weighted by Crippen LogP contribution is 2.42. The molecule has 0 unspecified atom stereocenters. The van der Waals surface area contributed by atoms with Crippen molar-refractivity contribution in [2.24, 2.45) is 10.8 Å². The number of ketones is 1. The van der Waals surface area contributed by atoms with E-state index in [1.54, 1.807) is 0 Å². The van der Waals surface area contributed by atoms with E-state index in [0.717, 1.165) is 24.8 Å². The Balaban J connectivity index is 3.30. The first-order valence-corrected chi connectivity index (χ1v) is 5.91. The summed E-state index contributed by atoms with van der Waals surface area (Å²) >= 11 is 0. The van der Waals surface area contributed by atoms with Crippen molar-refractivity contribution in [2.45, 2.75) is 60.8 Å². The minimum atomic E-state index is 0.000116. The second-order valence-electron chi connectivity index (χ2n) is 6.63. The zero-order valence-electron chi connectivity index (χ0n) is 11.0. The first-order valence-electron chi connectivity index (χ1n) is 5.91. The Bertz CT molecular complexity index is 294. The van der Waals surface area contributed by atoms with Gasteiger partial charge in [-0.15, -0.1) is 0 Å². The van der Waals surface area contributed by atoms with E-state index in [2.05, 4.69) is 41.5 Å². The van der Waals surface area contributed by atoms with Gasteiger partial charge in [0.25, 0.3) is 0 Å². The molecule has 0 atom stereocenters. The normalized spacial score (nSPS) is 19.7. The van der Waals surface area contributed by atoms with E-state index >= 15 is 0 Å². The van der Waals surface area contributed by atoms with Gasteiger partial charge in [0.2, 0.25) is 0 Å². The minimum Gasteiger partial charge on any atom is -0.295 e. The fourth-order valence-electron chi connectivity index (χ4n) is 2.46. The van der Waals surface area contributed by atoms with Gasteiger partial charge in [0, 0.05) is 12.0 Å². The van der Waals surface area contributed by atoms with Crippen LogP contribution in [0.5, 0.6) is 0 Å². The first kappa shape index (κ1) is 12.5. The van der Waals surface area contributed by atoms with Gasteiger partial charge in [-0.1, -0.05) is 47.1 Å². The van der Waals surface area contributed by atoms with Gasteiger partial charge < -0.3 is 0 Å². The van der Waals surface area contributed by atoms with E-state index < -0.39 is 0 Å². The summed E-state index contributed by atoms with van der Waals surface area (Å²) in [5, 5.41) is 0. The van der Waals surface area contributed by atoms with E-state index in [1.165, 1.54) is 5.57 Å². The molecule has 0 aromatic heterocycles. The van der Waals surface area contributed by atoms with E-state index in [1.807, 2.05) is 0 Å². The third-order valence-corrected chi connectivity index (χ3v) is 3.07. The molecule has 0 fully saturated rings. The lowest BCUT2D eigenvalue weighted by Gasteiger charge is -2.35. The lowest BCUT2D eigenvalue weighted by Crippen LogP contribution is -2.28. The van der Waals surface area contributed by atoms with Gasteiger partial charge in [-0.05, 0) is 23.7 Å². The maximum Gasteiger partial charge on any atom is 0.159 e. The molecule has 1 heteroatoms. The molecule has 86 valence electrons. The average Bonchev–Trinajstić information content (AvgIpc) is 1.99. The molecule has 0 aromatic rings. The Morgan fingerprint density at radius 3 is 1.73 bits per heavy atom. The predicted molar refractivity (Wildman–Crippen MR) is 64.8 cm³/mol. The van der Waals surface area contributed by atoms with Gasteiger partial charge in [-0.3, -0.25) is 4.79 Å². The molecular weight excluding hydrogens is 184 g/mol. The van der Waals surface area contributed by atoms with Crippen LogP contribution in [-0.2, 0) is 4.79 Å². The molecule has 1 rings (SSSR count). The smallest absolute Gasteiger partial charge is 0.159 e. The molecule has 1 aliphatic rings. The predicted octanol–water partition coefficient (Wildman–Crippen LogP) is 4.13. The fraction of sp³-hybridized carbons (Fsp3) is 0.786. The summed E-state index contributed by atoms with van der Waals surface area (Å²) in [6.07, 6.45) is 2.87. The third-order valence-electron chi connectivity index (χ3n) is 3.07. The van der Waals surface area contributed by atoms with Crippen molar-refractivity contribution >= 4 is 5.78 Å². The van der Waals surface area contributed by atoms with Gasteiger partial charge in [0.05, 0.1) is 0 Å². The molecule has 0 radical (unpaired) electrons. The second kappa shape index (κ2) is 3.77. The summed E-state index contributed by atoms with van der Waals surface area (Å²) in [4.78, 5) is 12.0. The van der Waals surface area contributed by atoms with Crippen LogP contribution in [0.3, 0.4) is 0 Å². The van der Waals surface area contributed by atoms with Crippen molar-refractivity contribution in [1.82, 2.24) is 0 Å². The zero-order valence-corrected chi connectivity index (χ0v) is 11.0. The van der Waals surface area contributed by atoms with Crippen molar-refractivity contribution in [3.63, 3.8) is 0 Å². The molecule has 0 N–H and O–H groups in total. The van der Waals surface area contributed by atoms with E-state index in [-0.39, 0.29) is 10.8 Å². The second-order valence-corrected chi connectivity index (χ2v) is 6.63. The molecular formula is C14H24O. The SMILES string of the molecule is CC(C)(C)C1=C(C(C)(C)C)C(=O)CCC1. The maximum absolute atomic E-state index is 12.0. The van der Waals surface area contributed by atoms with Crippen molar-refractivity contribution in [2.75, 3.05) is 0 Å². The average molecular weight is 208 g/mol. The van der Waals surface area contributed by atoms with E-state index in [4.69, 9.17) is 0 Å². The fourth-order valence-corrected chi connectivity index (χ4v) is 2.46. The maximum atomic E-state index is 12.0. The lowest BCUT2D eigenvalue weighted by atomic mass is 9.69. The summed E-state index contributed by atoms with van der Waals surface area (Å²) in [5.74, 6) is 0.374. The summed E-state index contributed by atoms with van der Waals surface area (Å²) in [7, 11) is 0. The van der Waals surface area contributed by atoms with Crippen molar-refractivity contribution < 1.29 is 4.79 Å². The number of hydrogen-bond donors (Lipinski definition) is 0. The summed E-state index contributed by atoms with van der Waals surface area (Å²) in [5.41, 5.74) is 2.62. The highest BCUT2D eigenvalue weighted by atomic mass is 16.1. The molecule has 1 nitrogen and oxygen atoms in total. The van der Waals surface area contributed by atoms with Crippen LogP contribution in [0.15, 0.2) is 11.1 Å². The summed E-state index contributed by atoms with van der Waals surface area (Å²) < 4.78 is 0. The Kier molecular flexibility index (Phi) is 3.14.